The average Bonchev–Trinajstić information content (AvgIpc) is 2.45. The maximum Gasteiger partial charge on any atom is 0.341 e. The van der Waals surface area contributed by atoms with E-state index in [0.29, 0.717) is 23.0 Å². The number of benzene rings is 1. The van der Waals surface area contributed by atoms with Crippen LogP contribution in [0.1, 0.15) is 24.2 Å². The van der Waals surface area contributed by atoms with Crippen LogP contribution in [0.2, 0.25) is 0 Å². The maximum absolute atomic E-state index is 12.1. The number of rotatable bonds is 2. The number of carboxylic acid groups (broad SMARTS) is 1. The number of fused-ring (bicyclic) bond motifs is 1. The highest BCUT2D eigenvalue weighted by atomic mass is 16.4. The van der Waals surface area contributed by atoms with Gasteiger partial charge in [-0.15, -0.1) is 0 Å². The summed E-state index contributed by atoms with van der Waals surface area (Å²) in [7, 11) is 0. The Bertz CT molecular complexity index is 774. The predicted octanol–water partition coefficient (Wildman–Crippen LogP) is 1.41. The summed E-state index contributed by atoms with van der Waals surface area (Å²) in [5, 5.41) is 12.9. The predicted molar refractivity (Wildman–Crippen MR) is 85.8 cm³/mol. The summed E-state index contributed by atoms with van der Waals surface area (Å²) in [6, 6.07) is 6.29. The number of piperazine rings is 1. The van der Waals surface area contributed by atoms with Gasteiger partial charge in [-0.2, -0.15) is 0 Å². The number of nitrogens with zero attached hydrogens (tertiary/aromatic N) is 1. The van der Waals surface area contributed by atoms with Crippen LogP contribution in [0.3, 0.4) is 0 Å². The number of anilines is 1. The normalized spacial score (nSPS) is 22.0. The van der Waals surface area contributed by atoms with Gasteiger partial charge in [0.1, 0.15) is 5.56 Å². The SMILES string of the molecule is CC1CN(c2ccc3c(=O)c(C(=O)O)c[nH]c3c2)CC(C)N1. The Morgan fingerprint density at radius 2 is 1.95 bits per heavy atom. The number of aromatic amines is 1. The topological polar surface area (TPSA) is 85.4 Å². The van der Waals surface area contributed by atoms with E-state index in [4.69, 9.17) is 5.11 Å². The fraction of sp³-hybridized carbons (Fsp3) is 0.375. The zero-order chi connectivity index (χ0) is 15.9. The van der Waals surface area contributed by atoms with Crippen LogP contribution in [0.5, 0.6) is 0 Å². The summed E-state index contributed by atoms with van der Waals surface area (Å²) in [6.45, 7) is 6.08. The molecule has 0 radical (unpaired) electrons. The Kier molecular flexibility index (Phi) is 3.62. The lowest BCUT2D eigenvalue weighted by atomic mass is 10.1. The van der Waals surface area contributed by atoms with Crippen molar-refractivity contribution in [2.75, 3.05) is 18.0 Å². The molecule has 3 rings (SSSR count). The first kappa shape index (κ1) is 14.6. The summed E-state index contributed by atoms with van der Waals surface area (Å²) < 4.78 is 0. The Morgan fingerprint density at radius 3 is 2.59 bits per heavy atom. The average molecular weight is 301 g/mol. The molecule has 1 aromatic carbocycles. The Labute approximate surface area is 127 Å². The van der Waals surface area contributed by atoms with Gasteiger partial charge in [-0.05, 0) is 32.0 Å². The minimum Gasteiger partial charge on any atom is -0.477 e. The highest BCUT2D eigenvalue weighted by Crippen LogP contribution is 2.21. The molecule has 1 fully saturated rings. The number of hydrogen-bond donors (Lipinski definition) is 3. The van der Waals surface area contributed by atoms with Crippen molar-refractivity contribution in [3.05, 3.63) is 40.2 Å². The minimum absolute atomic E-state index is 0.232. The van der Waals surface area contributed by atoms with Crippen molar-refractivity contribution in [1.82, 2.24) is 10.3 Å². The molecule has 0 bridgehead atoms. The van der Waals surface area contributed by atoms with Crippen molar-refractivity contribution >= 4 is 22.6 Å². The van der Waals surface area contributed by atoms with Crippen LogP contribution >= 0.6 is 0 Å². The van der Waals surface area contributed by atoms with Gasteiger partial charge in [-0.3, -0.25) is 4.79 Å². The largest absolute Gasteiger partial charge is 0.477 e. The molecule has 1 saturated heterocycles. The van der Waals surface area contributed by atoms with Gasteiger partial charge in [0.25, 0.3) is 0 Å². The van der Waals surface area contributed by atoms with Crippen LogP contribution in [0, 0.1) is 0 Å². The quantitative estimate of drug-likeness (QED) is 0.781. The number of aromatic carboxylic acids is 1. The number of hydrogen-bond acceptors (Lipinski definition) is 4. The molecule has 6 nitrogen and oxygen atoms in total. The van der Waals surface area contributed by atoms with Gasteiger partial charge in [0.2, 0.25) is 5.43 Å². The molecule has 2 heterocycles. The Morgan fingerprint density at radius 1 is 1.27 bits per heavy atom. The first-order valence-electron chi connectivity index (χ1n) is 7.35. The summed E-state index contributed by atoms with van der Waals surface area (Å²) >= 11 is 0. The number of nitrogens with one attached hydrogen (secondary N) is 2. The summed E-state index contributed by atoms with van der Waals surface area (Å²) in [5.41, 5.74) is 1.01. The highest BCUT2D eigenvalue weighted by molar-refractivity contribution is 5.93. The van der Waals surface area contributed by atoms with Gasteiger partial charge < -0.3 is 20.3 Å². The van der Waals surface area contributed by atoms with Crippen LogP contribution in [-0.4, -0.2) is 41.2 Å². The zero-order valence-corrected chi connectivity index (χ0v) is 12.6. The molecule has 0 aliphatic carbocycles. The summed E-state index contributed by atoms with van der Waals surface area (Å²) in [6.07, 6.45) is 1.26. The molecule has 0 spiro atoms. The molecule has 0 saturated carbocycles. The third-order valence-electron chi connectivity index (χ3n) is 4.02. The Balaban J connectivity index is 2.02. The van der Waals surface area contributed by atoms with E-state index in [1.807, 2.05) is 12.1 Å². The molecule has 2 aromatic rings. The van der Waals surface area contributed by atoms with Crippen molar-refractivity contribution in [1.29, 1.82) is 0 Å². The third kappa shape index (κ3) is 2.57. The lowest BCUT2D eigenvalue weighted by Crippen LogP contribution is -2.54. The molecule has 3 N–H and O–H groups in total. The molecule has 1 aromatic heterocycles. The molecule has 1 aliphatic heterocycles. The van der Waals surface area contributed by atoms with Crippen molar-refractivity contribution in [3.8, 4) is 0 Å². The molecule has 2 unspecified atom stereocenters. The fourth-order valence-corrected chi connectivity index (χ4v) is 3.10. The van der Waals surface area contributed by atoms with Crippen molar-refractivity contribution in [3.63, 3.8) is 0 Å². The van der Waals surface area contributed by atoms with E-state index in [0.717, 1.165) is 18.8 Å². The monoisotopic (exact) mass is 301 g/mol. The van der Waals surface area contributed by atoms with E-state index in [1.54, 1.807) is 6.07 Å². The lowest BCUT2D eigenvalue weighted by Gasteiger charge is -2.37. The van der Waals surface area contributed by atoms with Crippen molar-refractivity contribution in [2.45, 2.75) is 25.9 Å². The van der Waals surface area contributed by atoms with E-state index in [2.05, 4.69) is 29.0 Å². The van der Waals surface area contributed by atoms with Crippen molar-refractivity contribution < 1.29 is 9.90 Å². The van der Waals surface area contributed by atoms with Crippen molar-refractivity contribution in [2.24, 2.45) is 0 Å². The molecule has 1 aliphatic rings. The van der Waals surface area contributed by atoms with E-state index in [9.17, 15) is 9.59 Å². The van der Waals surface area contributed by atoms with Gasteiger partial charge >= 0.3 is 5.97 Å². The lowest BCUT2D eigenvalue weighted by molar-refractivity contribution is 0.0695. The van der Waals surface area contributed by atoms with Crippen LogP contribution in [0.25, 0.3) is 10.9 Å². The van der Waals surface area contributed by atoms with E-state index < -0.39 is 11.4 Å². The molecular formula is C16H19N3O3. The Hall–Kier alpha value is -2.34. The van der Waals surface area contributed by atoms with E-state index in [-0.39, 0.29) is 5.56 Å². The number of carbonyl (C=O) groups is 1. The number of pyridine rings is 1. The van der Waals surface area contributed by atoms with E-state index >= 15 is 0 Å². The van der Waals surface area contributed by atoms with Crippen LogP contribution in [-0.2, 0) is 0 Å². The molecular weight excluding hydrogens is 282 g/mol. The van der Waals surface area contributed by atoms with Gasteiger partial charge in [-0.25, -0.2) is 4.79 Å². The molecule has 116 valence electrons. The maximum atomic E-state index is 12.1. The second kappa shape index (κ2) is 5.46. The number of aromatic nitrogens is 1. The molecule has 0 amide bonds. The second-order valence-corrected chi connectivity index (χ2v) is 5.94. The summed E-state index contributed by atoms with van der Waals surface area (Å²) in [4.78, 5) is 28.3. The van der Waals surface area contributed by atoms with Gasteiger partial charge in [0.15, 0.2) is 0 Å². The number of H-pyrrole nitrogens is 1. The molecule has 22 heavy (non-hydrogen) atoms. The standard InChI is InChI=1S/C16H19N3O3/c1-9-7-19(8-10(2)18-9)11-3-4-12-14(5-11)17-6-13(15(12)20)16(21)22/h3-6,9-10,18H,7-8H2,1-2H3,(H,17,20)(H,21,22). The van der Waals surface area contributed by atoms with Crippen LogP contribution in [0.4, 0.5) is 5.69 Å². The number of carboxylic acids is 1. The smallest absolute Gasteiger partial charge is 0.341 e. The summed E-state index contributed by atoms with van der Waals surface area (Å²) in [5.74, 6) is -1.21. The van der Waals surface area contributed by atoms with Crippen LogP contribution in [0.15, 0.2) is 29.2 Å². The highest BCUT2D eigenvalue weighted by Gasteiger charge is 2.21. The second-order valence-electron chi connectivity index (χ2n) is 5.94. The fourth-order valence-electron chi connectivity index (χ4n) is 3.10. The minimum atomic E-state index is -1.21. The van der Waals surface area contributed by atoms with Crippen LogP contribution < -0.4 is 15.6 Å². The first-order chi connectivity index (χ1) is 10.5. The third-order valence-corrected chi connectivity index (χ3v) is 4.02. The van der Waals surface area contributed by atoms with Gasteiger partial charge in [0, 0.05) is 42.4 Å². The molecule has 2 atom stereocenters. The molecule has 6 heteroatoms. The zero-order valence-electron chi connectivity index (χ0n) is 12.6. The first-order valence-corrected chi connectivity index (χ1v) is 7.35. The van der Waals surface area contributed by atoms with E-state index in [1.165, 1.54) is 6.20 Å². The van der Waals surface area contributed by atoms with Gasteiger partial charge in [0.05, 0.1) is 5.52 Å². The van der Waals surface area contributed by atoms with Gasteiger partial charge in [-0.1, -0.05) is 0 Å².